The van der Waals surface area contributed by atoms with Crippen molar-refractivity contribution in [1.82, 2.24) is 14.9 Å². The highest BCUT2D eigenvalue weighted by Gasteiger charge is 2.32. The topological polar surface area (TPSA) is 75.0 Å². The lowest BCUT2D eigenvalue weighted by Gasteiger charge is -2.24. The third kappa shape index (κ3) is 4.93. The first kappa shape index (κ1) is 21.4. The Kier molecular flexibility index (Phi) is 7.86. The molecule has 1 fully saturated rings. The third-order valence-corrected chi connectivity index (χ3v) is 4.14. The summed E-state index contributed by atoms with van der Waals surface area (Å²) in [6.07, 6.45) is 3.93. The number of nitrogens with zero attached hydrogens (tertiary/aromatic N) is 2. The molecule has 1 aromatic carbocycles. The molecule has 1 aliphatic heterocycles. The average molecular weight is 389 g/mol. The lowest BCUT2D eigenvalue weighted by Crippen LogP contribution is -2.34. The van der Waals surface area contributed by atoms with Crippen LogP contribution in [0.15, 0.2) is 30.5 Å². The van der Waals surface area contributed by atoms with Crippen LogP contribution in [0.5, 0.6) is 0 Å². The maximum Gasteiger partial charge on any atom is 0.224 e. The lowest BCUT2D eigenvalue weighted by atomic mass is 10.1. The molecule has 0 saturated carbocycles. The number of halogens is 3. The smallest absolute Gasteiger partial charge is 0.224 e. The first-order valence-electron chi connectivity index (χ1n) is 7.90. The van der Waals surface area contributed by atoms with Gasteiger partial charge in [0.1, 0.15) is 11.6 Å². The minimum atomic E-state index is -0.267. The van der Waals surface area contributed by atoms with Gasteiger partial charge in [0.25, 0.3) is 0 Å². The van der Waals surface area contributed by atoms with Gasteiger partial charge in [0.2, 0.25) is 5.91 Å². The third-order valence-electron chi connectivity index (χ3n) is 4.14. The predicted molar refractivity (Wildman–Crippen MR) is 100 cm³/mol. The number of aromatic amines is 1. The van der Waals surface area contributed by atoms with Gasteiger partial charge in [0.15, 0.2) is 0 Å². The number of hydrogen-bond acceptors (Lipinski definition) is 3. The molecular weight excluding hydrogens is 366 g/mol. The van der Waals surface area contributed by atoms with Gasteiger partial charge in [-0.25, -0.2) is 9.37 Å². The van der Waals surface area contributed by atoms with Crippen molar-refractivity contribution < 1.29 is 9.18 Å². The number of aromatic nitrogens is 2. The highest BCUT2D eigenvalue weighted by molar-refractivity contribution is 5.85. The maximum atomic E-state index is 13.0. The van der Waals surface area contributed by atoms with Gasteiger partial charge < -0.3 is 15.6 Å². The van der Waals surface area contributed by atoms with Crippen LogP contribution < -0.4 is 5.73 Å². The van der Waals surface area contributed by atoms with Gasteiger partial charge in [-0.2, -0.15) is 0 Å². The largest absolute Gasteiger partial charge is 0.340 e. The molecule has 1 amide bonds. The molecule has 1 aromatic heterocycles. The number of carbonyl (C=O) groups excluding carboxylic acids is 1. The predicted octanol–water partition coefficient (Wildman–Crippen LogP) is 3.46. The van der Waals surface area contributed by atoms with Crippen molar-refractivity contribution in [2.75, 3.05) is 6.54 Å². The molecule has 138 valence electrons. The van der Waals surface area contributed by atoms with Gasteiger partial charge in [-0.15, -0.1) is 24.8 Å². The van der Waals surface area contributed by atoms with Crippen LogP contribution in [0, 0.1) is 5.82 Å². The fourth-order valence-electron chi connectivity index (χ4n) is 3.02. The number of amides is 1. The monoisotopic (exact) mass is 388 g/mol. The van der Waals surface area contributed by atoms with Gasteiger partial charge in [-0.1, -0.05) is 0 Å². The van der Waals surface area contributed by atoms with Crippen molar-refractivity contribution in [3.05, 3.63) is 42.1 Å². The van der Waals surface area contributed by atoms with Crippen LogP contribution >= 0.6 is 24.8 Å². The zero-order chi connectivity index (χ0) is 16.4. The molecule has 3 N–H and O–H groups in total. The van der Waals surface area contributed by atoms with E-state index < -0.39 is 0 Å². The van der Waals surface area contributed by atoms with E-state index >= 15 is 0 Å². The Balaban J connectivity index is 0.00000156. The number of nitrogens with one attached hydrogen (secondary N) is 1. The molecule has 2 atom stereocenters. The number of likely N-dealkylation sites (tertiary alicyclic amines) is 1. The summed E-state index contributed by atoms with van der Waals surface area (Å²) in [6, 6.07) is 6.08. The summed E-state index contributed by atoms with van der Waals surface area (Å²) >= 11 is 0. The molecule has 2 heterocycles. The lowest BCUT2D eigenvalue weighted by molar-refractivity contribution is -0.132. The van der Waals surface area contributed by atoms with E-state index in [4.69, 9.17) is 5.73 Å². The molecule has 2 unspecified atom stereocenters. The van der Waals surface area contributed by atoms with Crippen molar-refractivity contribution in [2.45, 2.75) is 38.3 Å². The van der Waals surface area contributed by atoms with E-state index in [-0.39, 0.29) is 48.6 Å². The molecule has 0 spiro atoms. The van der Waals surface area contributed by atoms with E-state index in [0.717, 1.165) is 36.5 Å². The van der Waals surface area contributed by atoms with E-state index in [1.54, 1.807) is 18.3 Å². The summed E-state index contributed by atoms with van der Waals surface area (Å²) < 4.78 is 13.0. The number of benzene rings is 1. The molecule has 0 aliphatic carbocycles. The summed E-state index contributed by atoms with van der Waals surface area (Å²) in [7, 11) is 0. The standard InChI is InChI=1S/C17H21FN4O.2ClH/c1-11(19)9-16(23)22-8-2-3-15(22)17-20-10-14(21-17)12-4-6-13(18)7-5-12;;/h4-7,10-11,15H,2-3,8-9,19H2,1H3,(H,20,21);2*1H. The summed E-state index contributed by atoms with van der Waals surface area (Å²) in [5.41, 5.74) is 7.43. The molecule has 1 saturated heterocycles. The van der Waals surface area contributed by atoms with Crippen molar-refractivity contribution in [3.8, 4) is 11.3 Å². The Hall–Kier alpha value is -1.63. The van der Waals surface area contributed by atoms with Gasteiger partial charge in [-0.05, 0) is 49.6 Å². The van der Waals surface area contributed by atoms with E-state index in [2.05, 4.69) is 9.97 Å². The second-order valence-corrected chi connectivity index (χ2v) is 6.12. The van der Waals surface area contributed by atoms with E-state index in [1.807, 2.05) is 11.8 Å². The fraction of sp³-hybridized carbons (Fsp3) is 0.412. The summed E-state index contributed by atoms with van der Waals surface area (Å²) in [5, 5.41) is 0. The van der Waals surface area contributed by atoms with Crippen molar-refractivity contribution in [3.63, 3.8) is 0 Å². The molecule has 8 heteroatoms. The first-order chi connectivity index (χ1) is 11.0. The molecule has 1 aliphatic rings. The second kappa shape index (κ2) is 9.17. The zero-order valence-electron chi connectivity index (χ0n) is 13.9. The molecular formula is C17H23Cl2FN4O. The van der Waals surface area contributed by atoms with Crippen molar-refractivity contribution >= 4 is 30.7 Å². The Morgan fingerprint density at radius 3 is 2.72 bits per heavy atom. The molecule has 5 nitrogen and oxygen atoms in total. The van der Waals surface area contributed by atoms with Gasteiger partial charge in [0.05, 0.1) is 17.9 Å². The SMILES string of the molecule is CC(N)CC(=O)N1CCCC1c1ncc(-c2ccc(F)cc2)[nH]1.Cl.Cl. The minimum Gasteiger partial charge on any atom is -0.340 e. The fourth-order valence-corrected chi connectivity index (χ4v) is 3.02. The molecule has 2 aromatic rings. The van der Waals surface area contributed by atoms with Crippen molar-refractivity contribution in [1.29, 1.82) is 0 Å². The first-order valence-corrected chi connectivity index (χ1v) is 7.90. The summed E-state index contributed by atoms with van der Waals surface area (Å²) in [4.78, 5) is 21.9. The maximum absolute atomic E-state index is 13.0. The van der Waals surface area contributed by atoms with E-state index in [9.17, 15) is 9.18 Å². The van der Waals surface area contributed by atoms with Gasteiger partial charge >= 0.3 is 0 Å². The minimum absolute atomic E-state index is 0. The van der Waals surface area contributed by atoms with Crippen LogP contribution in [0.3, 0.4) is 0 Å². The molecule has 0 bridgehead atoms. The van der Waals surface area contributed by atoms with Crippen LogP contribution in [-0.2, 0) is 4.79 Å². The number of carbonyl (C=O) groups is 1. The molecule has 25 heavy (non-hydrogen) atoms. The van der Waals surface area contributed by atoms with Crippen LogP contribution in [0.4, 0.5) is 4.39 Å². The number of hydrogen-bond donors (Lipinski definition) is 2. The van der Waals surface area contributed by atoms with Crippen LogP contribution in [-0.4, -0.2) is 33.4 Å². The Morgan fingerprint density at radius 1 is 1.40 bits per heavy atom. The summed E-state index contributed by atoms with van der Waals surface area (Å²) in [5.74, 6) is 0.582. The normalized spacial score (nSPS) is 17.6. The Labute approximate surface area is 159 Å². The number of H-pyrrole nitrogens is 1. The van der Waals surface area contributed by atoms with Crippen molar-refractivity contribution in [2.24, 2.45) is 5.73 Å². The Bertz CT molecular complexity index is 690. The molecule has 3 rings (SSSR count). The van der Waals surface area contributed by atoms with Gasteiger partial charge in [0, 0.05) is 19.0 Å². The van der Waals surface area contributed by atoms with Crippen LogP contribution in [0.2, 0.25) is 0 Å². The number of nitrogens with two attached hydrogens (primary N) is 1. The number of imidazole rings is 1. The quantitative estimate of drug-likeness (QED) is 0.841. The summed E-state index contributed by atoms with van der Waals surface area (Å²) in [6.45, 7) is 2.57. The second-order valence-electron chi connectivity index (χ2n) is 6.12. The number of rotatable bonds is 4. The average Bonchev–Trinajstić information content (AvgIpc) is 3.16. The van der Waals surface area contributed by atoms with E-state index in [0.29, 0.717) is 6.42 Å². The highest BCUT2D eigenvalue weighted by Crippen LogP contribution is 2.32. The highest BCUT2D eigenvalue weighted by atomic mass is 35.5. The van der Waals surface area contributed by atoms with E-state index in [1.165, 1.54) is 12.1 Å². The Morgan fingerprint density at radius 2 is 2.08 bits per heavy atom. The van der Waals surface area contributed by atoms with Crippen LogP contribution in [0.1, 0.15) is 38.1 Å². The van der Waals surface area contributed by atoms with Crippen LogP contribution in [0.25, 0.3) is 11.3 Å². The zero-order valence-corrected chi connectivity index (χ0v) is 15.6. The molecule has 0 radical (unpaired) electrons. The van der Waals surface area contributed by atoms with Gasteiger partial charge in [-0.3, -0.25) is 4.79 Å².